The van der Waals surface area contributed by atoms with E-state index in [-0.39, 0.29) is 23.8 Å². The molecular weight excluding hydrogens is 318 g/mol. The first-order valence-electron chi connectivity index (χ1n) is 7.78. The molecule has 0 radical (unpaired) electrons. The van der Waals surface area contributed by atoms with Crippen LogP contribution in [0.25, 0.3) is 0 Å². The van der Waals surface area contributed by atoms with Crippen LogP contribution in [0.15, 0.2) is 71.8 Å². The lowest BCUT2D eigenvalue weighted by molar-refractivity contribution is 0.0724. The van der Waals surface area contributed by atoms with Gasteiger partial charge in [-0.3, -0.25) is 14.6 Å². The summed E-state index contributed by atoms with van der Waals surface area (Å²) in [5, 5.41) is 9.96. The van der Waals surface area contributed by atoms with Gasteiger partial charge in [-0.15, -0.1) is 0 Å². The molecule has 2 heterocycles. The lowest BCUT2D eigenvalue weighted by Crippen LogP contribution is -2.31. The molecule has 6 nitrogen and oxygen atoms in total. The van der Waals surface area contributed by atoms with Crippen molar-refractivity contribution in [3.05, 3.63) is 94.2 Å². The summed E-state index contributed by atoms with van der Waals surface area (Å²) in [5.74, 6) is -0.726. The largest absolute Gasteiger partial charge is 0.507 e. The van der Waals surface area contributed by atoms with Crippen molar-refractivity contribution in [1.29, 1.82) is 0 Å². The molecule has 3 rings (SSSR count). The summed E-state index contributed by atoms with van der Waals surface area (Å²) >= 11 is 0. The van der Waals surface area contributed by atoms with E-state index in [1.54, 1.807) is 17.2 Å². The summed E-state index contributed by atoms with van der Waals surface area (Å²) in [7, 11) is 0. The van der Waals surface area contributed by atoms with Crippen LogP contribution >= 0.6 is 0 Å². The number of aromatic amines is 1. The van der Waals surface area contributed by atoms with Gasteiger partial charge in [-0.2, -0.15) is 0 Å². The Kier molecular flexibility index (Phi) is 4.89. The Balaban J connectivity index is 1.91. The molecule has 126 valence electrons. The summed E-state index contributed by atoms with van der Waals surface area (Å²) < 4.78 is 0. The molecule has 1 amide bonds. The Bertz CT molecular complexity index is 866. The Hall–Kier alpha value is -3.41. The van der Waals surface area contributed by atoms with Crippen molar-refractivity contribution >= 4 is 5.91 Å². The topological polar surface area (TPSA) is 86.3 Å². The molecule has 0 saturated carbocycles. The van der Waals surface area contributed by atoms with Crippen molar-refractivity contribution < 1.29 is 9.90 Å². The van der Waals surface area contributed by atoms with Crippen LogP contribution in [-0.4, -0.2) is 25.9 Å². The molecule has 0 saturated heterocycles. The normalized spacial score (nSPS) is 10.4. The number of hydrogen-bond donors (Lipinski definition) is 2. The number of benzene rings is 1. The number of nitrogens with zero attached hydrogens (tertiary/aromatic N) is 2. The van der Waals surface area contributed by atoms with E-state index in [1.165, 1.54) is 6.20 Å². The van der Waals surface area contributed by atoms with E-state index in [4.69, 9.17) is 0 Å². The van der Waals surface area contributed by atoms with Gasteiger partial charge in [0.2, 0.25) is 0 Å². The van der Waals surface area contributed by atoms with E-state index >= 15 is 0 Å². The zero-order chi connectivity index (χ0) is 17.6. The van der Waals surface area contributed by atoms with Crippen molar-refractivity contribution in [2.75, 3.05) is 0 Å². The van der Waals surface area contributed by atoms with E-state index in [1.807, 2.05) is 42.5 Å². The maximum absolute atomic E-state index is 12.9. The molecule has 0 aliphatic carbocycles. The average molecular weight is 335 g/mol. The maximum Gasteiger partial charge on any atom is 0.259 e. The van der Waals surface area contributed by atoms with Crippen molar-refractivity contribution in [3.8, 4) is 5.75 Å². The predicted octanol–water partition coefficient (Wildman–Crippen LogP) is 2.32. The van der Waals surface area contributed by atoms with Crippen molar-refractivity contribution in [2.45, 2.75) is 13.1 Å². The number of nitrogens with one attached hydrogen (secondary N) is 1. The molecule has 0 spiro atoms. The first-order chi connectivity index (χ1) is 12.1. The van der Waals surface area contributed by atoms with E-state index < -0.39 is 5.56 Å². The highest BCUT2D eigenvalue weighted by Crippen LogP contribution is 2.18. The maximum atomic E-state index is 12.9. The smallest absolute Gasteiger partial charge is 0.259 e. The van der Waals surface area contributed by atoms with Crippen molar-refractivity contribution in [3.63, 3.8) is 0 Å². The minimum atomic E-state index is -0.464. The molecule has 2 N–H and O–H groups in total. The second-order valence-corrected chi connectivity index (χ2v) is 5.56. The van der Waals surface area contributed by atoms with Crippen LogP contribution in [0.3, 0.4) is 0 Å². The van der Waals surface area contributed by atoms with Gasteiger partial charge >= 0.3 is 0 Å². The molecule has 0 unspecified atom stereocenters. The standard InChI is InChI=1S/C19H17N3O3/c23-17-10-18(24)21-11-16(17)19(25)22(12-14-6-2-1-3-7-14)13-15-8-4-5-9-20-15/h1-11H,12-13H2,(H2,21,23,24). The number of carbonyl (C=O) groups is 1. The van der Waals surface area contributed by atoms with Crippen LogP contribution < -0.4 is 5.56 Å². The van der Waals surface area contributed by atoms with Crippen LogP contribution in [0.1, 0.15) is 21.6 Å². The third-order valence-electron chi connectivity index (χ3n) is 3.72. The van der Waals surface area contributed by atoms with E-state index in [0.29, 0.717) is 6.54 Å². The third-order valence-corrected chi connectivity index (χ3v) is 3.72. The van der Waals surface area contributed by atoms with Gasteiger partial charge in [-0.1, -0.05) is 36.4 Å². The molecule has 0 bridgehead atoms. The Morgan fingerprint density at radius 2 is 1.84 bits per heavy atom. The fourth-order valence-electron chi connectivity index (χ4n) is 2.49. The van der Waals surface area contributed by atoms with Gasteiger partial charge in [-0.25, -0.2) is 0 Å². The van der Waals surface area contributed by atoms with Gasteiger partial charge < -0.3 is 15.0 Å². The zero-order valence-electron chi connectivity index (χ0n) is 13.4. The molecule has 0 fully saturated rings. The fourth-order valence-corrected chi connectivity index (χ4v) is 2.49. The highest BCUT2D eigenvalue weighted by Gasteiger charge is 2.20. The summed E-state index contributed by atoms with van der Waals surface area (Å²) in [5.41, 5.74) is 1.27. The summed E-state index contributed by atoms with van der Waals surface area (Å²) in [6.07, 6.45) is 2.90. The number of hydrogen-bond acceptors (Lipinski definition) is 4. The first-order valence-corrected chi connectivity index (χ1v) is 7.78. The number of pyridine rings is 2. The number of aromatic hydroxyl groups is 1. The van der Waals surface area contributed by atoms with Crippen molar-refractivity contribution in [1.82, 2.24) is 14.9 Å². The van der Waals surface area contributed by atoms with Gasteiger partial charge in [0.25, 0.3) is 11.5 Å². The predicted molar refractivity (Wildman–Crippen MR) is 93.0 cm³/mol. The highest BCUT2D eigenvalue weighted by atomic mass is 16.3. The second kappa shape index (κ2) is 7.44. The van der Waals surface area contributed by atoms with Crippen LogP contribution in [0.4, 0.5) is 0 Å². The summed E-state index contributed by atoms with van der Waals surface area (Å²) in [6.45, 7) is 0.641. The van der Waals surface area contributed by atoms with Crippen LogP contribution in [0.5, 0.6) is 5.75 Å². The van der Waals surface area contributed by atoms with E-state index in [9.17, 15) is 14.7 Å². The Morgan fingerprint density at radius 1 is 1.08 bits per heavy atom. The number of amides is 1. The molecule has 0 aliphatic heterocycles. The number of H-pyrrole nitrogens is 1. The van der Waals surface area contributed by atoms with Gasteiger partial charge in [0.15, 0.2) is 0 Å². The molecule has 2 aromatic heterocycles. The van der Waals surface area contributed by atoms with E-state index in [0.717, 1.165) is 17.3 Å². The zero-order valence-corrected chi connectivity index (χ0v) is 13.4. The Labute approximate surface area is 144 Å². The van der Waals surface area contributed by atoms with Crippen molar-refractivity contribution in [2.24, 2.45) is 0 Å². The van der Waals surface area contributed by atoms with Crippen LogP contribution in [-0.2, 0) is 13.1 Å². The fraction of sp³-hybridized carbons (Fsp3) is 0.105. The van der Waals surface area contributed by atoms with Crippen LogP contribution in [0.2, 0.25) is 0 Å². The Morgan fingerprint density at radius 3 is 2.52 bits per heavy atom. The molecular formula is C19H17N3O3. The third kappa shape index (κ3) is 4.11. The van der Waals surface area contributed by atoms with Gasteiger partial charge in [0, 0.05) is 25.0 Å². The molecule has 0 atom stereocenters. The minimum absolute atomic E-state index is 0.0477. The van der Waals surface area contributed by atoms with Gasteiger partial charge in [-0.05, 0) is 17.7 Å². The van der Waals surface area contributed by atoms with Gasteiger partial charge in [0.05, 0.1) is 17.8 Å². The SMILES string of the molecule is O=C(c1c[nH]c(=O)cc1O)N(Cc1ccccc1)Cc1ccccn1. The number of aromatic nitrogens is 2. The summed E-state index contributed by atoms with van der Waals surface area (Å²) in [4.78, 5) is 32.4. The molecule has 3 aromatic rings. The molecule has 25 heavy (non-hydrogen) atoms. The first kappa shape index (κ1) is 16.4. The lowest BCUT2D eigenvalue weighted by Gasteiger charge is -2.23. The molecule has 1 aromatic carbocycles. The second-order valence-electron chi connectivity index (χ2n) is 5.56. The highest BCUT2D eigenvalue weighted by molar-refractivity contribution is 5.96. The van der Waals surface area contributed by atoms with Crippen LogP contribution in [0, 0.1) is 0 Å². The summed E-state index contributed by atoms with van der Waals surface area (Å²) in [6, 6.07) is 16.0. The lowest BCUT2D eigenvalue weighted by atomic mass is 10.1. The minimum Gasteiger partial charge on any atom is -0.507 e. The quantitative estimate of drug-likeness (QED) is 0.749. The molecule has 0 aliphatic rings. The average Bonchev–Trinajstić information content (AvgIpc) is 2.62. The van der Waals surface area contributed by atoms with E-state index in [2.05, 4.69) is 9.97 Å². The number of carbonyl (C=O) groups excluding carboxylic acids is 1. The van der Waals surface area contributed by atoms with Gasteiger partial charge in [0.1, 0.15) is 5.75 Å². The molecule has 6 heteroatoms. The monoisotopic (exact) mass is 335 g/mol. The number of rotatable bonds is 5.